The van der Waals surface area contributed by atoms with Crippen LogP contribution in [0.2, 0.25) is 0 Å². The van der Waals surface area contributed by atoms with E-state index in [0.717, 1.165) is 18.5 Å². The van der Waals surface area contributed by atoms with E-state index in [1.54, 1.807) is 35.7 Å². The van der Waals surface area contributed by atoms with Gasteiger partial charge in [0.05, 0.1) is 12.0 Å². The summed E-state index contributed by atoms with van der Waals surface area (Å²) in [6.45, 7) is 1.03. The molecule has 0 amide bonds. The van der Waals surface area contributed by atoms with Gasteiger partial charge in [0.2, 0.25) is 10.0 Å². The second-order valence-corrected chi connectivity index (χ2v) is 7.83. The highest BCUT2D eigenvalue weighted by Gasteiger charge is 2.30. The van der Waals surface area contributed by atoms with Gasteiger partial charge in [0.25, 0.3) is 0 Å². The molecule has 2 aromatic rings. The molecule has 5 nitrogen and oxygen atoms in total. The Balaban J connectivity index is 1.73. The van der Waals surface area contributed by atoms with Crippen LogP contribution in [0.15, 0.2) is 59.5 Å². The predicted octanol–water partition coefficient (Wildman–Crippen LogP) is 2.96. The Morgan fingerprint density at radius 2 is 1.79 bits per heavy atom. The lowest BCUT2D eigenvalue weighted by Crippen LogP contribution is -2.45. The average Bonchev–Trinajstić information content (AvgIpc) is 2.63. The zero-order valence-corrected chi connectivity index (χ0v) is 14.5. The van der Waals surface area contributed by atoms with Crippen LogP contribution in [0.1, 0.15) is 12.8 Å². The largest absolute Gasteiger partial charge is 0.497 e. The Labute approximate surface area is 143 Å². The number of hydrogen-bond donors (Lipinski definition) is 1. The Hall–Kier alpha value is -2.05. The summed E-state index contributed by atoms with van der Waals surface area (Å²) < 4.78 is 32.3. The second-order valence-electron chi connectivity index (χ2n) is 5.89. The Kier molecular flexibility index (Phi) is 5.06. The summed E-state index contributed by atoms with van der Waals surface area (Å²) in [4.78, 5) is 0.309. The van der Waals surface area contributed by atoms with Crippen molar-refractivity contribution in [2.24, 2.45) is 0 Å². The molecule has 24 heavy (non-hydrogen) atoms. The maximum absolute atomic E-state index is 12.8. The molecule has 0 bridgehead atoms. The maximum atomic E-state index is 12.8. The van der Waals surface area contributed by atoms with E-state index in [2.05, 4.69) is 5.32 Å². The van der Waals surface area contributed by atoms with Gasteiger partial charge in [0, 0.05) is 24.8 Å². The van der Waals surface area contributed by atoms with Crippen molar-refractivity contribution in [3.05, 3.63) is 54.6 Å². The van der Waals surface area contributed by atoms with Crippen LogP contribution in [0.4, 0.5) is 5.69 Å². The first-order valence-electron chi connectivity index (χ1n) is 8.05. The third kappa shape index (κ3) is 3.71. The molecule has 1 atom stereocenters. The summed E-state index contributed by atoms with van der Waals surface area (Å²) in [6.07, 6.45) is 1.81. The fourth-order valence-corrected chi connectivity index (χ4v) is 4.47. The van der Waals surface area contributed by atoms with Crippen LogP contribution in [0.25, 0.3) is 0 Å². The highest BCUT2D eigenvalue weighted by molar-refractivity contribution is 7.89. The fourth-order valence-electron chi connectivity index (χ4n) is 2.95. The molecule has 1 N–H and O–H groups in total. The van der Waals surface area contributed by atoms with E-state index in [4.69, 9.17) is 4.74 Å². The molecule has 128 valence electrons. The SMILES string of the molecule is COc1ccc(S(=O)(=O)N2CCCC(Nc3ccccc3)C2)cc1. The lowest BCUT2D eigenvalue weighted by molar-refractivity contribution is 0.327. The van der Waals surface area contributed by atoms with E-state index in [-0.39, 0.29) is 6.04 Å². The predicted molar refractivity (Wildman–Crippen MR) is 94.8 cm³/mol. The van der Waals surface area contributed by atoms with Gasteiger partial charge in [0.1, 0.15) is 5.75 Å². The number of ether oxygens (including phenoxy) is 1. The van der Waals surface area contributed by atoms with Gasteiger partial charge >= 0.3 is 0 Å². The molecule has 2 aromatic carbocycles. The van der Waals surface area contributed by atoms with Crippen LogP contribution >= 0.6 is 0 Å². The molecule has 1 aliphatic heterocycles. The first kappa shape index (κ1) is 16.8. The molecule has 1 aliphatic rings. The summed E-state index contributed by atoms with van der Waals surface area (Å²) >= 11 is 0. The summed E-state index contributed by atoms with van der Waals surface area (Å²) in [5.74, 6) is 0.649. The third-order valence-corrected chi connectivity index (χ3v) is 6.11. The number of anilines is 1. The van der Waals surface area contributed by atoms with E-state index < -0.39 is 10.0 Å². The van der Waals surface area contributed by atoms with Crippen LogP contribution in [0, 0.1) is 0 Å². The Bertz CT molecular complexity index is 761. The molecule has 1 saturated heterocycles. The molecule has 0 radical (unpaired) electrons. The first-order valence-corrected chi connectivity index (χ1v) is 9.49. The van der Waals surface area contributed by atoms with Gasteiger partial charge in [-0.1, -0.05) is 18.2 Å². The van der Waals surface area contributed by atoms with Gasteiger partial charge in [0.15, 0.2) is 0 Å². The minimum absolute atomic E-state index is 0.120. The highest BCUT2D eigenvalue weighted by Crippen LogP contribution is 2.24. The molecule has 1 fully saturated rings. The first-order chi connectivity index (χ1) is 11.6. The van der Waals surface area contributed by atoms with Crippen LogP contribution < -0.4 is 10.1 Å². The molecule has 0 aliphatic carbocycles. The van der Waals surface area contributed by atoms with Gasteiger partial charge in [-0.05, 0) is 49.2 Å². The van der Waals surface area contributed by atoms with Crippen LogP contribution in [-0.4, -0.2) is 39.0 Å². The van der Waals surface area contributed by atoms with Crippen molar-refractivity contribution in [1.82, 2.24) is 4.31 Å². The van der Waals surface area contributed by atoms with Gasteiger partial charge in [-0.2, -0.15) is 4.31 Å². The van der Waals surface area contributed by atoms with Crippen molar-refractivity contribution >= 4 is 15.7 Å². The monoisotopic (exact) mass is 346 g/mol. The third-order valence-electron chi connectivity index (χ3n) is 4.23. The minimum Gasteiger partial charge on any atom is -0.497 e. The standard InChI is InChI=1S/C18H22N2O3S/c1-23-17-9-11-18(12-10-17)24(21,22)20-13-5-8-16(14-20)19-15-6-3-2-4-7-15/h2-4,6-7,9-12,16,19H,5,8,13-14H2,1H3. The molecule has 0 aromatic heterocycles. The van der Waals surface area contributed by atoms with E-state index >= 15 is 0 Å². The molecule has 3 rings (SSSR count). The van der Waals surface area contributed by atoms with E-state index in [0.29, 0.717) is 23.7 Å². The maximum Gasteiger partial charge on any atom is 0.243 e. The number of para-hydroxylation sites is 1. The van der Waals surface area contributed by atoms with Crippen molar-refractivity contribution in [1.29, 1.82) is 0 Å². The average molecular weight is 346 g/mol. The number of piperidine rings is 1. The number of hydrogen-bond acceptors (Lipinski definition) is 4. The second kappa shape index (κ2) is 7.23. The van der Waals surface area contributed by atoms with Crippen LogP contribution in [0.3, 0.4) is 0 Å². The summed E-state index contributed by atoms with van der Waals surface area (Å²) in [5, 5.41) is 3.43. The summed E-state index contributed by atoms with van der Waals surface area (Å²) in [6, 6.07) is 16.6. The molecular weight excluding hydrogens is 324 g/mol. The number of methoxy groups -OCH3 is 1. The van der Waals surface area contributed by atoms with E-state index in [9.17, 15) is 8.42 Å². The van der Waals surface area contributed by atoms with Crippen molar-refractivity contribution in [3.63, 3.8) is 0 Å². The number of rotatable bonds is 5. The quantitative estimate of drug-likeness (QED) is 0.904. The van der Waals surface area contributed by atoms with Crippen molar-refractivity contribution in [2.75, 3.05) is 25.5 Å². The van der Waals surface area contributed by atoms with Gasteiger partial charge < -0.3 is 10.1 Å². The van der Waals surface area contributed by atoms with Crippen molar-refractivity contribution in [2.45, 2.75) is 23.8 Å². The zero-order chi connectivity index (χ0) is 17.0. The number of nitrogens with one attached hydrogen (secondary N) is 1. The molecule has 1 heterocycles. The summed E-state index contributed by atoms with van der Waals surface area (Å²) in [5.41, 5.74) is 1.02. The smallest absolute Gasteiger partial charge is 0.243 e. The number of benzene rings is 2. The Morgan fingerprint density at radius 3 is 2.46 bits per heavy atom. The Morgan fingerprint density at radius 1 is 1.08 bits per heavy atom. The van der Waals surface area contributed by atoms with E-state index in [1.807, 2.05) is 30.3 Å². The number of sulfonamides is 1. The molecule has 1 unspecified atom stereocenters. The highest BCUT2D eigenvalue weighted by atomic mass is 32.2. The lowest BCUT2D eigenvalue weighted by atomic mass is 10.1. The normalized spacial score (nSPS) is 19.0. The molecular formula is C18H22N2O3S. The van der Waals surface area contributed by atoms with Crippen molar-refractivity contribution < 1.29 is 13.2 Å². The summed E-state index contributed by atoms with van der Waals surface area (Å²) in [7, 11) is -1.91. The fraction of sp³-hybridized carbons (Fsp3) is 0.333. The van der Waals surface area contributed by atoms with Crippen molar-refractivity contribution in [3.8, 4) is 5.75 Å². The lowest BCUT2D eigenvalue weighted by Gasteiger charge is -2.33. The number of nitrogens with zero attached hydrogens (tertiary/aromatic N) is 1. The van der Waals surface area contributed by atoms with E-state index in [1.165, 1.54) is 0 Å². The van der Waals surface area contributed by atoms with Gasteiger partial charge in [-0.25, -0.2) is 8.42 Å². The van der Waals surface area contributed by atoms with Crippen LogP contribution in [0.5, 0.6) is 5.75 Å². The van der Waals surface area contributed by atoms with Gasteiger partial charge in [-0.15, -0.1) is 0 Å². The van der Waals surface area contributed by atoms with Crippen LogP contribution in [-0.2, 0) is 10.0 Å². The minimum atomic E-state index is -3.47. The molecule has 0 saturated carbocycles. The zero-order valence-electron chi connectivity index (χ0n) is 13.7. The molecule has 0 spiro atoms. The topological polar surface area (TPSA) is 58.6 Å². The molecule has 6 heteroatoms. The van der Waals surface area contributed by atoms with Gasteiger partial charge in [-0.3, -0.25) is 0 Å².